The van der Waals surface area contributed by atoms with Gasteiger partial charge in [0.1, 0.15) is 0 Å². The first-order valence-corrected chi connectivity index (χ1v) is 12.9. The third-order valence-corrected chi connectivity index (χ3v) is 8.22. The minimum atomic E-state index is -3.65. The van der Waals surface area contributed by atoms with Crippen molar-refractivity contribution >= 4 is 39.1 Å². The molecule has 8 heteroatoms. The molecule has 1 aliphatic heterocycles. The topological polar surface area (TPSA) is 66.5 Å². The predicted octanol–water partition coefficient (Wildman–Crippen LogP) is 5.11. The number of nitrogens with zero attached hydrogens (tertiary/aromatic N) is 1. The van der Waals surface area contributed by atoms with E-state index in [1.807, 2.05) is 38.1 Å². The SMILES string of the molecule is CC[C@@H](NC(=O)[C@@H]1CCCN(S(=O)(=O)Cc2c(Cl)cccc2Cl)C1)c1ccc(C)cc1. The first-order chi connectivity index (χ1) is 14.7. The predicted molar refractivity (Wildman–Crippen MR) is 126 cm³/mol. The highest BCUT2D eigenvalue weighted by Gasteiger charge is 2.33. The van der Waals surface area contributed by atoms with Crippen molar-refractivity contribution in [3.8, 4) is 0 Å². The van der Waals surface area contributed by atoms with Gasteiger partial charge in [-0.1, -0.05) is 66.0 Å². The van der Waals surface area contributed by atoms with Gasteiger partial charge in [0.05, 0.1) is 17.7 Å². The van der Waals surface area contributed by atoms with Gasteiger partial charge in [0.15, 0.2) is 0 Å². The molecule has 0 radical (unpaired) electrons. The van der Waals surface area contributed by atoms with Gasteiger partial charge in [-0.2, -0.15) is 0 Å². The molecule has 0 spiro atoms. The van der Waals surface area contributed by atoms with Crippen LogP contribution in [0.2, 0.25) is 10.0 Å². The lowest BCUT2D eigenvalue weighted by atomic mass is 9.97. The summed E-state index contributed by atoms with van der Waals surface area (Å²) in [6.07, 6.45) is 2.05. The molecular formula is C23H28Cl2N2O3S. The molecule has 5 nitrogen and oxygen atoms in total. The number of carbonyl (C=O) groups is 1. The van der Waals surface area contributed by atoms with Crippen LogP contribution in [0.25, 0.3) is 0 Å². The van der Waals surface area contributed by atoms with Crippen molar-refractivity contribution in [1.82, 2.24) is 9.62 Å². The smallest absolute Gasteiger partial charge is 0.224 e. The van der Waals surface area contributed by atoms with Gasteiger partial charge in [-0.25, -0.2) is 12.7 Å². The number of piperidine rings is 1. The number of sulfonamides is 1. The Morgan fingerprint density at radius 3 is 2.42 bits per heavy atom. The van der Waals surface area contributed by atoms with Crippen LogP contribution in [0.1, 0.15) is 48.9 Å². The number of amides is 1. The quantitative estimate of drug-likeness (QED) is 0.595. The fourth-order valence-electron chi connectivity index (χ4n) is 3.86. The second kappa shape index (κ2) is 10.3. The molecule has 1 heterocycles. The maximum atomic E-state index is 13.0. The largest absolute Gasteiger partial charge is 0.349 e. The summed E-state index contributed by atoms with van der Waals surface area (Å²) in [5.41, 5.74) is 2.61. The van der Waals surface area contributed by atoms with Gasteiger partial charge >= 0.3 is 0 Å². The summed E-state index contributed by atoms with van der Waals surface area (Å²) in [6.45, 7) is 4.61. The molecule has 0 bridgehead atoms. The highest BCUT2D eigenvalue weighted by Crippen LogP contribution is 2.29. The summed E-state index contributed by atoms with van der Waals surface area (Å²) in [5, 5.41) is 3.76. The molecule has 0 unspecified atom stereocenters. The summed E-state index contributed by atoms with van der Waals surface area (Å²) in [7, 11) is -3.65. The highest BCUT2D eigenvalue weighted by atomic mass is 35.5. The Hall–Kier alpha value is -1.60. The zero-order valence-electron chi connectivity index (χ0n) is 17.8. The number of halogens is 2. The Labute approximate surface area is 194 Å². The van der Waals surface area contributed by atoms with Crippen molar-refractivity contribution in [3.63, 3.8) is 0 Å². The van der Waals surface area contributed by atoms with Crippen LogP contribution in [0.3, 0.4) is 0 Å². The Balaban J connectivity index is 1.69. The molecule has 2 aromatic rings. The van der Waals surface area contributed by atoms with Crippen molar-refractivity contribution in [1.29, 1.82) is 0 Å². The van der Waals surface area contributed by atoms with Gasteiger partial charge in [0.2, 0.25) is 15.9 Å². The van der Waals surface area contributed by atoms with Gasteiger partial charge < -0.3 is 5.32 Å². The van der Waals surface area contributed by atoms with Crippen LogP contribution in [-0.2, 0) is 20.6 Å². The van der Waals surface area contributed by atoms with Crippen LogP contribution in [-0.4, -0.2) is 31.7 Å². The van der Waals surface area contributed by atoms with Crippen molar-refractivity contribution in [2.45, 2.75) is 44.9 Å². The van der Waals surface area contributed by atoms with Crippen LogP contribution in [0, 0.1) is 12.8 Å². The molecule has 1 saturated heterocycles. The molecule has 168 valence electrons. The fourth-order valence-corrected chi connectivity index (χ4v) is 6.22. The molecule has 1 fully saturated rings. The molecule has 1 amide bonds. The van der Waals surface area contributed by atoms with Gasteiger partial charge in [-0.3, -0.25) is 4.79 Å². The summed E-state index contributed by atoms with van der Waals surface area (Å²) >= 11 is 12.3. The van der Waals surface area contributed by atoms with Crippen LogP contribution >= 0.6 is 23.2 Å². The number of hydrogen-bond acceptors (Lipinski definition) is 3. The van der Waals surface area contributed by atoms with Crippen LogP contribution in [0.15, 0.2) is 42.5 Å². The van der Waals surface area contributed by atoms with E-state index in [4.69, 9.17) is 23.2 Å². The van der Waals surface area contributed by atoms with E-state index in [0.29, 0.717) is 35.0 Å². The maximum Gasteiger partial charge on any atom is 0.224 e. The standard InChI is InChI=1S/C23H28Cl2N2O3S/c1-3-22(17-11-9-16(2)10-12-17)26-23(28)18-6-5-13-27(14-18)31(29,30)15-19-20(24)7-4-8-21(19)25/h4,7-12,18,22H,3,5-6,13-15H2,1-2H3,(H,26,28)/t18-,22-/m1/s1. The molecule has 3 rings (SSSR count). The third kappa shape index (κ3) is 6.01. The Kier molecular flexibility index (Phi) is 8.03. The normalized spacial score (nSPS) is 18.5. The summed E-state index contributed by atoms with van der Waals surface area (Å²) < 4.78 is 27.5. The second-order valence-electron chi connectivity index (χ2n) is 8.03. The van der Waals surface area contributed by atoms with E-state index in [9.17, 15) is 13.2 Å². The van der Waals surface area contributed by atoms with E-state index < -0.39 is 10.0 Å². The van der Waals surface area contributed by atoms with Crippen LogP contribution < -0.4 is 5.32 Å². The average molecular weight is 483 g/mol. The van der Waals surface area contributed by atoms with Gasteiger partial charge in [0, 0.05) is 28.7 Å². The number of benzene rings is 2. The lowest BCUT2D eigenvalue weighted by molar-refractivity contribution is -0.126. The number of carbonyl (C=O) groups excluding carboxylic acids is 1. The lowest BCUT2D eigenvalue weighted by Crippen LogP contribution is -2.46. The van der Waals surface area contributed by atoms with Crippen molar-refractivity contribution < 1.29 is 13.2 Å². The molecule has 1 aliphatic rings. The molecule has 0 aliphatic carbocycles. The average Bonchev–Trinajstić information content (AvgIpc) is 2.75. The maximum absolute atomic E-state index is 13.0. The van der Waals surface area contributed by atoms with Crippen LogP contribution in [0.4, 0.5) is 0 Å². The number of nitrogens with one attached hydrogen (secondary N) is 1. The first-order valence-electron chi connectivity index (χ1n) is 10.5. The van der Waals surface area contributed by atoms with Crippen molar-refractivity contribution in [2.75, 3.05) is 13.1 Å². The van der Waals surface area contributed by atoms with Crippen molar-refractivity contribution in [3.05, 3.63) is 69.2 Å². The number of aryl methyl sites for hydroxylation is 1. The molecular weight excluding hydrogens is 455 g/mol. The first kappa shape index (κ1) is 24.1. The Bertz CT molecular complexity index is 1010. The zero-order valence-corrected chi connectivity index (χ0v) is 20.1. The summed E-state index contributed by atoms with van der Waals surface area (Å²) in [4.78, 5) is 13.0. The van der Waals surface area contributed by atoms with E-state index >= 15 is 0 Å². The highest BCUT2D eigenvalue weighted by molar-refractivity contribution is 7.88. The zero-order chi connectivity index (χ0) is 22.6. The van der Waals surface area contributed by atoms with E-state index in [1.54, 1.807) is 18.2 Å². The minimum Gasteiger partial charge on any atom is -0.349 e. The third-order valence-electron chi connectivity index (χ3n) is 5.74. The monoisotopic (exact) mass is 482 g/mol. The van der Waals surface area contributed by atoms with Gasteiger partial charge in [-0.15, -0.1) is 0 Å². The molecule has 2 aromatic carbocycles. The number of hydrogen-bond donors (Lipinski definition) is 1. The van der Waals surface area contributed by atoms with Crippen molar-refractivity contribution in [2.24, 2.45) is 5.92 Å². The van der Waals surface area contributed by atoms with E-state index in [2.05, 4.69) is 5.32 Å². The Morgan fingerprint density at radius 1 is 1.16 bits per heavy atom. The summed E-state index contributed by atoms with van der Waals surface area (Å²) in [5.74, 6) is -0.770. The van der Waals surface area contributed by atoms with E-state index in [0.717, 1.165) is 17.5 Å². The Morgan fingerprint density at radius 2 is 1.81 bits per heavy atom. The molecule has 2 atom stereocenters. The minimum absolute atomic E-state index is 0.0954. The molecule has 1 N–H and O–H groups in total. The summed E-state index contributed by atoms with van der Waals surface area (Å²) in [6, 6.07) is 12.9. The number of rotatable bonds is 7. The molecule has 31 heavy (non-hydrogen) atoms. The van der Waals surface area contributed by atoms with E-state index in [-0.39, 0.29) is 30.2 Å². The van der Waals surface area contributed by atoms with Gasteiger partial charge in [-0.05, 0) is 43.9 Å². The molecule has 0 saturated carbocycles. The fraction of sp³-hybridized carbons (Fsp3) is 0.435. The van der Waals surface area contributed by atoms with E-state index in [1.165, 1.54) is 4.31 Å². The van der Waals surface area contributed by atoms with Gasteiger partial charge in [0.25, 0.3) is 0 Å². The molecule has 0 aromatic heterocycles. The van der Waals surface area contributed by atoms with Crippen LogP contribution in [0.5, 0.6) is 0 Å². The second-order valence-corrected chi connectivity index (χ2v) is 10.8. The lowest BCUT2D eigenvalue weighted by Gasteiger charge is -2.32.